The minimum absolute atomic E-state index is 0.0766. The summed E-state index contributed by atoms with van der Waals surface area (Å²) >= 11 is 0. The molecule has 0 fully saturated rings. The first-order valence-electron chi connectivity index (χ1n) is 6.02. The highest BCUT2D eigenvalue weighted by atomic mass is 16.5. The van der Waals surface area contributed by atoms with E-state index in [1.54, 1.807) is 0 Å². The second kappa shape index (κ2) is 10.1. The Labute approximate surface area is 111 Å². The number of carbonyl (C=O) groups is 3. The van der Waals surface area contributed by atoms with Crippen LogP contribution < -0.4 is 16.0 Å². The molecular weight excluding hydrogens is 254 g/mol. The van der Waals surface area contributed by atoms with Crippen molar-refractivity contribution in [2.45, 2.75) is 26.3 Å². The Hall–Kier alpha value is -1.83. The van der Waals surface area contributed by atoms with Crippen molar-refractivity contribution in [3.63, 3.8) is 0 Å². The highest BCUT2D eigenvalue weighted by Crippen LogP contribution is 1.82. The molecule has 0 saturated carbocycles. The van der Waals surface area contributed by atoms with Gasteiger partial charge in [0.15, 0.2) is 0 Å². The van der Waals surface area contributed by atoms with Gasteiger partial charge in [0.05, 0.1) is 6.61 Å². The average Bonchev–Trinajstić information content (AvgIpc) is 2.27. The van der Waals surface area contributed by atoms with E-state index in [1.807, 2.05) is 13.8 Å². The van der Waals surface area contributed by atoms with Crippen LogP contribution in [0, 0.1) is 0 Å². The molecule has 0 heterocycles. The van der Waals surface area contributed by atoms with Gasteiger partial charge >= 0.3 is 12.0 Å². The van der Waals surface area contributed by atoms with E-state index in [4.69, 9.17) is 9.84 Å². The number of ether oxygens (including phenoxy) is 1. The molecule has 0 aliphatic heterocycles. The molecule has 3 amide bonds. The molecule has 19 heavy (non-hydrogen) atoms. The molecule has 0 saturated heterocycles. The fraction of sp³-hybridized carbons (Fsp3) is 0.727. The van der Waals surface area contributed by atoms with Crippen LogP contribution in [0.2, 0.25) is 0 Å². The molecule has 4 N–H and O–H groups in total. The van der Waals surface area contributed by atoms with E-state index >= 15 is 0 Å². The fourth-order valence-corrected chi connectivity index (χ4v) is 1.14. The first-order chi connectivity index (χ1) is 8.91. The summed E-state index contributed by atoms with van der Waals surface area (Å²) < 4.78 is 4.73. The van der Waals surface area contributed by atoms with Crippen molar-refractivity contribution in [1.29, 1.82) is 0 Å². The van der Waals surface area contributed by atoms with Crippen molar-refractivity contribution in [2.24, 2.45) is 0 Å². The van der Waals surface area contributed by atoms with Gasteiger partial charge in [0.1, 0.15) is 6.61 Å². The van der Waals surface area contributed by atoms with Gasteiger partial charge in [0, 0.05) is 25.6 Å². The largest absolute Gasteiger partial charge is 0.480 e. The van der Waals surface area contributed by atoms with E-state index in [-0.39, 0.29) is 38.1 Å². The zero-order chi connectivity index (χ0) is 14.7. The van der Waals surface area contributed by atoms with Gasteiger partial charge in [-0.15, -0.1) is 0 Å². The van der Waals surface area contributed by atoms with Crippen LogP contribution in [0.5, 0.6) is 0 Å². The maximum absolute atomic E-state index is 11.2. The smallest absolute Gasteiger partial charge is 0.329 e. The van der Waals surface area contributed by atoms with Crippen LogP contribution in [0.3, 0.4) is 0 Å². The number of amides is 3. The van der Waals surface area contributed by atoms with Crippen molar-refractivity contribution in [2.75, 3.05) is 26.3 Å². The summed E-state index contributed by atoms with van der Waals surface area (Å²) in [5.74, 6) is -1.18. The summed E-state index contributed by atoms with van der Waals surface area (Å²) in [6, 6.07) is -0.344. The minimum atomic E-state index is -1.05. The van der Waals surface area contributed by atoms with Gasteiger partial charge < -0.3 is 25.8 Å². The summed E-state index contributed by atoms with van der Waals surface area (Å²) in [6.45, 7) is 3.88. The molecule has 0 bridgehead atoms. The summed E-state index contributed by atoms with van der Waals surface area (Å²) in [7, 11) is 0. The number of carboxylic acid groups (broad SMARTS) is 1. The van der Waals surface area contributed by atoms with Crippen molar-refractivity contribution in [1.82, 2.24) is 16.0 Å². The second-order valence-electron chi connectivity index (χ2n) is 4.10. The lowest BCUT2D eigenvalue weighted by molar-refractivity contribution is -0.142. The quantitative estimate of drug-likeness (QED) is 0.415. The molecular formula is C11H21N3O5. The monoisotopic (exact) mass is 275 g/mol. The maximum atomic E-state index is 11.2. The number of aliphatic carboxylic acids is 1. The SMILES string of the molecule is CC(C)NC(=O)CCNC(=O)NCCOCC(=O)O. The van der Waals surface area contributed by atoms with Crippen molar-refractivity contribution >= 4 is 17.9 Å². The Morgan fingerprint density at radius 2 is 1.79 bits per heavy atom. The molecule has 0 aliphatic carbocycles. The van der Waals surface area contributed by atoms with Crippen molar-refractivity contribution in [3.05, 3.63) is 0 Å². The van der Waals surface area contributed by atoms with Crippen LogP contribution in [-0.4, -0.2) is 55.4 Å². The number of carboxylic acids is 1. The second-order valence-corrected chi connectivity index (χ2v) is 4.10. The zero-order valence-electron chi connectivity index (χ0n) is 11.2. The standard InChI is InChI=1S/C11H21N3O5/c1-8(2)14-9(15)3-4-12-11(18)13-5-6-19-7-10(16)17/h8H,3-7H2,1-2H3,(H,14,15)(H,16,17)(H2,12,13,18). The Morgan fingerprint density at radius 1 is 1.16 bits per heavy atom. The summed E-state index contributed by atoms with van der Waals surface area (Å²) in [6.07, 6.45) is 0.209. The normalized spacial score (nSPS) is 10.1. The molecule has 0 aromatic carbocycles. The summed E-state index contributed by atoms with van der Waals surface area (Å²) in [5, 5.41) is 16.0. The zero-order valence-corrected chi connectivity index (χ0v) is 11.2. The molecule has 8 heteroatoms. The topological polar surface area (TPSA) is 117 Å². The van der Waals surface area contributed by atoms with Crippen LogP contribution in [0.4, 0.5) is 4.79 Å². The average molecular weight is 275 g/mol. The molecule has 0 rings (SSSR count). The van der Waals surface area contributed by atoms with Gasteiger partial charge in [-0.3, -0.25) is 4.79 Å². The Balaban J connectivity index is 3.44. The summed E-state index contributed by atoms with van der Waals surface area (Å²) in [4.78, 5) is 32.6. The molecule has 0 spiro atoms. The van der Waals surface area contributed by atoms with E-state index < -0.39 is 18.6 Å². The summed E-state index contributed by atoms with van der Waals surface area (Å²) in [5.41, 5.74) is 0. The first-order valence-corrected chi connectivity index (χ1v) is 6.02. The molecule has 0 aromatic heterocycles. The highest BCUT2D eigenvalue weighted by molar-refractivity contribution is 5.78. The minimum Gasteiger partial charge on any atom is -0.480 e. The van der Waals surface area contributed by atoms with Gasteiger partial charge in [-0.1, -0.05) is 0 Å². The van der Waals surface area contributed by atoms with Crippen LogP contribution >= 0.6 is 0 Å². The number of urea groups is 1. The number of hydrogen-bond acceptors (Lipinski definition) is 4. The number of nitrogens with one attached hydrogen (secondary N) is 3. The number of carbonyl (C=O) groups excluding carboxylic acids is 2. The van der Waals surface area contributed by atoms with E-state index in [2.05, 4.69) is 16.0 Å². The Morgan fingerprint density at radius 3 is 2.37 bits per heavy atom. The predicted molar refractivity (Wildman–Crippen MR) is 67.8 cm³/mol. The van der Waals surface area contributed by atoms with Crippen LogP contribution in [-0.2, 0) is 14.3 Å². The molecule has 0 unspecified atom stereocenters. The molecule has 0 atom stereocenters. The molecule has 0 aliphatic rings. The lowest BCUT2D eigenvalue weighted by atomic mass is 10.3. The maximum Gasteiger partial charge on any atom is 0.329 e. The fourth-order valence-electron chi connectivity index (χ4n) is 1.14. The van der Waals surface area contributed by atoms with Crippen molar-refractivity contribution in [3.8, 4) is 0 Å². The predicted octanol–water partition coefficient (Wildman–Crippen LogP) is -0.698. The molecule has 0 radical (unpaired) electrons. The van der Waals surface area contributed by atoms with E-state index in [0.717, 1.165) is 0 Å². The van der Waals surface area contributed by atoms with Crippen LogP contribution in [0.15, 0.2) is 0 Å². The third-order valence-electron chi connectivity index (χ3n) is 1.84. The third kappa shape index (κ3) is 12.4. The van der Waals surface area contributed by atoms with Gasteiger partial charge in [-0.05, 0) is 13.8 Å². The van der Waals surface area contributed by atoms with Crippen LogP contribution in [0.25, 0.3) is 0 Å². The van der Waals surface area contributed by atoms with Gasteiger partial charge in [0.2, 0.25) is 5.91 Å². The van der Waals surface area contributed by atoms with Crippen molar-refractivity contribution < 1.29 is 24.2 Å². The Bertz CT molecular complexity index is 307. The Kier molecular flexibility index (Phi) is 9.15. The molecule has 8 nitrogen and oxygen atoms in total. The molecule has 0 aromatic rings. The van der Waals surface area contributed by atoms with Gasteiger partial charge in [0.25, 0.3) is 0 Å². The lowest BCUT2D eigenvalue weighted by Crippen LogP contribution is -2.40. The number of hydrogen-bond donors (Lipinski definition) is 4. The highest BCUT2D eigenvalue weighted by Gasteiger charge is 2.04. The van der Waals surface area contributed by atoms with E-state index in [1.165, 1.54) is 0 Å². The van der Waals surface area contributed by atoms with Gasteiger partial charge in [-0.25, -0.2) is 9.59 Å². The third-order valence-corrected chi connectivity index (χ3v) is 1.84. The first kappa shape index (κ1) is 17.2. The lowest BCUT2D eigenvalue weighted by Gasteiger charge is -2.09. The van der Waals surface area contributed by atoms with E-state index in [0.29, 0.717) is 0 Å². The van der Waals surface area contributed by atoms with Gasteiger partial charge in [-0.2, -0.15) is 0 Å². The van der Waals surface area contributed by atoms with Crippen LogP contribution in [0.1, 0.15) is 20.3 Å². The number of rotatable bonds is 9. The molecule has 110 valence electrons. The van der Waals surface area contributed by atoms with E-state index in [9.17, 15) is 14.4 Å².